The van der Waals surface area contributed by atoms with E-state index in [1.165, 1.54) is 55.9 Å². The second-order valence-corrected chi connectivity index (χ2v) is 12.5. The fourth-order valence-corrected chi connectivity index (χ4v) is 8.50. The minimum atomic E-state index is -0.124. The summed E-state index contributed by atoms with van der Waals surface area (Å²) in [7, 11) is 0. The van der Waals surface area contributed by atoms with E-state index in [0.717, 1.165) is 45.5 Å². The van der Waals surface area contributed by atoms with E-state index in [2.05, 4.69) is 41.7 Å². The Bertz CT molecular complexity index is 1350. The smallest absolute Gasteiger partial charge is 0.263 e. The third kappa shape index (κ3) is 3.37. The Morgan fingerprint density at radius 3 is 2.38 bits per heavy atom. The molecule has 4 aliphatic carbocycles. The van der Waals surface area contributed by atoms with E-state index in [1.54, 1.807) is 0 Å². The summed E-state index contributed by atoms with van der Waals surface area (Å²) in [4.78, 5) is 17.4. The monoisotopic (exact) mass is 486 g/mol. The van der Waals surface area contributed by atoms with Crippen molar-refractivity contribution in [2.45, 2.75) is 50.9 Å². The van der Waals surface area contributed by atoms with E-state index >= 15 is 0 Å². The summed E-state index contributed by atoms with van der Waals surface area (Å²) in [6, 6.07) is 13.1. The molecule has 1 aromatic heterocycles. The van der Waals surface area contributed by atoms with Crippen molar-refractivity contribution in [3.8, 4) is 11.1 Å². The Morgan fingerprint density at radius 1 is 1.09 bits per heavy atom. The Kier molecular flexibility index (Phi) is 4.63. The summed E-state index contributed by atoms with van der Waals surface area (Å²) in [6.07, 6.45) is 10.2. The van der Waals surface area contributed by atoms with Crippen LogP contribution in [0.4, 0.5) is 0 Å². The Morgan fingerprint density at radius 2 is 1.76 bits per heavy atom. The van der Waals surface area contributed by atoms with Crippen LogP contribution in [0.25, 0.3) is 28.3 Å². The van der Waals surface area contributed by atoms with Crippen LogP contribution in [0, 0.1) is 24.7 Å². The topological polar surface area (TPSA) is 55.1 Å². The molecule has 5 aliphatic rings. The molecule has 2 heterocycles. The van der Waals surface area contributed by atoms with Crippen LogP contribution in [0.1, 0.15) is 55.5 Å². The first-order valence-electron chi connectivity index (χ1n) is 12.2. The second-order valence-electron chi connectivity index (χ2n) is 10.8. The first kappa shape index (κ1) is 20.9. The molecule has 4 bridgehead atoms. The van der Waals surface area contributed by atoms with E-state index < -0.39 is 0 Å². The molecular weight excluding hydrogens is 460 g/mol. The number of thiocarbonyl (C=S) groups is 1. The number of benzene rings is 2. The van der Waals surface area contributed by atoms with Crippen LogP contribution >= 0.6 is 24.0 Å². The van der Waals surface area contributed by atoms with E-state index in [9.17, 15) is 4.79 Å². The fourth-order valence-electron chi connectivity index (χ4n) is 7.46. The normalized spacial score (nSPS) is 31.1. The van der Waals surface area contributed by atoms with Crippen LogP contribution in [0.15, 0.2) is 45.7 Å². The average Bonchev–Trinajstić information content (AvgIpc) is 3.32. The van der Waals surface area contributed by atoms with E-state index in [-0.39, 0.29) is 5.91 Å². The number of rotatable bonds is 3. The highest BCUT2D eigenvalue weighted by atomic mass is 32.2. The molecule has 0 unspecified atom stereocenters. The Balaban J connectivity index is 1.30. The number of nitrogens with zero attached hydrogens (tertiary/aromatic N) is 1. The maximum Gasteiger partial charge on any atom is 0.263 e. The van der Waals surface area contributed by atoms with Gasteiger partial charge in [0.05, 0.1) is 4.91 Å². The van der Waals surface area contributed by atoms with Gasteiger partial charge >= 0.3 is 0 Å². The van der Waals surface area contributed by atoms with Gasteiger partial charge < -0.3 is 9.73 Å². The van der Waals surface area contributed by atoms with Gasteiger partial charge in [-0.25, -0.2) is 4.98 Å². The molecule has 34 heavy (non-hydrogen) atoms. The average molecular weight is 487 g/mol. The minimum Gasteiger partial charge on any atom is -0.440 e. The van der Waals surface area contributed by atoms with Crippen LogP contribution in [0.3, 0.4) is 0 Å². The SMILES string of the molecule is Cc1nc2cc(C34CC5CC(CC(C5)C3)C4)cc(-c3ccc(/C=C4/SC(=S)NC4=O)cc3)c2o1. The molecule has 5 fully saturated rings. The summed E-state index contributed by atoms with van der Waals surface area (Å²) in [5.74, 6) is 3.28. The van der Waals surface area contributed by atoms with Crippen molar-refractivity contribution in [1.29, 1.82) is 0 Å². The number of carbonyl (C=O) groups excluding carboxylic acids is 1. The van der Waals surface area contributed by atoms with Crippen LogP contribution in [-0.2, 0) is 10.2 Å². The zero-order valence-electron chi connectivity index (χ0n) is 19.1. The predicted octanol–water partition coefficient (Wildman–Crippen LogP) is 6.76. The van der Waals surface area contributed by atoms with Crippen molar-refractivity contribution < 1.29 is 9.21 Å². The highest BCUT2D eigenvalue weighted by Crippen LogP contribution is 2.61. The molecule has 1 N–H and O–H groups in total. The number of nitrogens with one attached hydrogen (secondary N) is 1. The maximum atomic E-state index is 12.0. The second kappa shape index (κ2) is 7.53. The Hall–Kier alpha value is -2.44. The van der Waals surface area contributed by atoms with Crippen molar-refractivity contribution in [1.82, 2.24) is 10.3 Å². The fraction of sp³-hybridized carbons (Fsp3) is 0.393. The van der Waals surface area contributed by atoms with Gasteiger partial charge in [0, 0.05) is 12.5 Å². The molecular formula is C28H26N2O2S2. The zero-order valence-corrected chi connectivity index (χ0v) is 20.7. The number of fused-ring (bicyclic) bond motifs is 1. The Labute approximate surface area is 208 Å². The molecule has 3 aromatic rings. The maximum absolute atomic E-state index is 12.0. The molecule has 0 spiro atoms. The summed E-state index contributed by atoms with van der Waals surface area (Å²) in [5, 5.41) is 2.67. The molecule has 172 valence electrons. The lowest BCUT2D eigenvalue weighted by Gasteiger charge is -2.57. The molecule has 8 rings (SSSR count). The number of hydrogen-bond acceptors (Lipinski definition) is 5. The van der Waals surface area contributed by atoms with Gasteiger partial charge in [-0.1, -0.05) is 48.2 Å². The van der Waals surface area contributed by atoms with Gasteiger partial charge in [0.25, 0.3) is 5.91 Å². The highest BCUT2D eigenvalue weighted by Gasteiger charge is 2.51. The quantitative estimate of drug-likeness (QED) is 0.327. The molecule has 4 nitrogen and oxygen atoms in total. The van der Waals surface area contributed by atoms with Crippen molar-refractivity contribution in [2.24, 2.45) is 17.8 Å². The summed E-state index contributed by atoms with van der Waals surface area (Å²) >= 11 is 6.41. The highest BCUT2D eigenvalue weighted by molar-refractivity contribution is 8.26. The van der Waals surface area contributed by atoms with Crippen LogP contribution < -0.4 is 5.32 Å². The standard InChI is InChI=1S/C28H26N2O2S2/c1-15-29-23-11-21(28-12-17-6-18(13-28)8-19(7-17)14-28)10-22(25(23)32-15)20-4-2-16(3-5-20)9-24-26(31)30-27(33)34-24/h2-5,9-11,17-19H,6-8,12-14H2,1H3,(H,30,31,33)/b24-9+. The summed E-state index contributed by atoms with van der Waals surface area (Å²) < 4.78 is 6.61. The molecule has 1 amide bonds. The van der Waals surface area contributed by atoms with E-state index in [4.69, 9.17) is 21.6 Å². The lowest BCUT2D eigenvalue weighted by Crippen LogP contribution is -2.48. The molecule has 1 saturated heterocycles. The van der Waals surface area contributed by atoms with Gasteiger partial charge in [-0.15, -0.1) is 0 Å². The predicted molar refractivity (Wildman–Crippen MR) is 140 cm³/mol. The largest absolute Gasteiger partial charge is 0.440 e. The van der Waals surface area contributed by atoms with Gasteiger partial charge in [0.15, 0.2) is 11.5 Å². The lowest BCUT2D eigenvalue weighted by atomic mass is 9.48. The van der Waals surface area contributed by atoms with Crippen LogP contribution in [0.2, 0.25) is 0 Å². The van der Waals surface area contributed by atoms with Crippen molar-refractivity contribution >= 4 is 51.4 Å². The van der Waals surface area contributed by atoms with Gasteiger partial charge in [0.2, 0.25) is 0 Å². The third-order valence-electron chi connectivity index (χ3n) is 8.41. The minimum absolute atomic E-state index is 0.124. The first-order chi connectivity index (χ1) is 16.4. The first-order valence-corrected chi connectivity index (χ1v) is 13.4. The van der Waals surface area contributed by atoms with Gasteiger partial charge in [-0.2, -0.15) is 0 Å². The number of aryl methyl sites for hydroxylation is 1. The van der Waals surface area contributed by atoms with Gasteiger partial charge in [-0.3, -0.25) is 4.79 Å². The number of hydrogen-bond donors (Lipinski definition) is 1. The number of carbonyl (C=O) groups is 1. The van der Waals surface area contributed by atoms with Crippen molar-refractivity contribution in [3.63, 3.8) is 0 Å². The molecule has 4 saturated carbocycles. The zero-order chi connectivity index (χ0) is 23.0. The van der Waals surface area contributed by atoms with Crippen LogP contribution in [0.5, 0.6) is 0 Å². The number of thioether (sulfide) groups is 1. The van der Waals surface area contributed by atoms with Gasteiger partial charge in [-0.05, 0) is 96.6 Å². The third-order valence-corrected chi connectivity index (χ3v) is 9.57. The molecule has 1 aliphatic heterocycles. The number of aromatic nitrogens is 1. The van der Waals surface area contributed by atoms with Crippen molar-refractivity contribution in [2.75, 3.05) is 0 Å². The summed E-state index contributed by atoms with van der Waals surface area (Å²) in [5.41, 5.74) is 6.83. The lowest BCUT2D eigenvalue weighted by molar-refractivity contribution is -0.115. The van der Waals surface area contributed by atoms with Crippen LogP contribution in [-0.4, -0.2) is 15.2 Å². The van der Waals surface area contributed by atoms with Crippen molar-refractivity contribution in [3.05, 3.63) is 58.3 Å². The number of oxazole rings is 1. The molecule has 0 radical (unpaired) electrons. The molecule has 6 heteroatoms. The number of amides is 1. The van der Waals surface area contributed by atoms with E-state index in [1.807, 2.05) is 13.0 Å². The van der Waals surface area contributed by atoms with E-state index in [0.29, 0.717) is 20.5 Å². The van der Waals surface area contributed by atoms with Gasteiger partial charge in [0.1, 0.15) is 9.84 Å². The molecule has 0 atom stereocenters. The summed E-state index contributed by atoms with van der Waals surface area (Å²) in [6.45, 7) is 1.93. The molecule has 2 aromatic carbocycles.